The number of unbranched alkanes of at least 4 members (excludes halogenated alkanes) is 11. The molecule has 0 heterocycles. The zero-order valence-electron chi connectivity index (χ0n) is 19.0. The number of rotatable bonds is 20. The van der Waals surface area contributed by atoms with E-state index in [9.17, 15) is 19.8 Å². The molecule has 3 N–H and O–H groups in total. The van der Waals surface area contributed by atoms with Gasteiger partial charge in [-0.15, -0.1) is 0 Å². The molecule has 5 heteroatoms. The predicted octanol–water partition coefficient (Wildman–Crippen LogP) is 5.41. The van der Waals surface area contributed by atoms with E-state index >= 15 is 0 Å². The quantitative estimate of drug-likeness (QED) is 0.142. The van der Waals surface area contributed by atoms with Crippen LogP contribution in [0.4, 0.5) is 0 Å². The molecule has 0 bridgehead atoms. The van der Waals surface area contributed by atoms with E-state index in [2.05, 4.69) is 24.4 Å². The van der Waals surface area contributed by atoms with E-state index in [0.29, 0.717) is 6.42 Å². The number of Topliss-reactive ketones (excluding diaryl/α,β-unsaturated/α-hetero) is 1. The number of carbonyl (C=O) groups excluding carboxylic acids is 1. The number of β-amino-alcohol motifs (C(OH)–C–C–N with tert-alkyl or cyclic N) is 1. The maximum atomic E-state index is 12.3. The number of aliphatic hydroxyl groups is 1. The third kappa shape index (κ3) is 14.4. The van der Waals surface area contributed by atoms with Crippen molar-refractivity contribution >= 4 is 11.8 Å². The molecule has 0 saturated heterocycles. The van der Waals surface area contributed by atoms with Gasteiger partial charge in [-0.2, -0.15) is 0 Å². The lowest BCUT2D eigenvalue weighted by Gasteiger charge is -2.25. The molecule has 29 heavy (non-hydrogen) atoms. The highest BCUT2D eigenvalue weighted by Gasteiger charge is 2.39. The molecular weight excluding hydrogens is 366 g/mol. The molecule has 0 fully saturated rings. The van der Waals surface area contributed by atoms with E-state index in [1.54, 1.807) is 6.92 Å². The van der Waals surface area contributed by atoms with Gasteiger partial charge in [0.2, 0.25) is 0 Å². The number of ketones is 1. The van der Waals surface area contributed by atoms with Gasteiger partial charge in [0, 0.05) is 13.0 Å². The van der Waals surface area contributed by atoms with Crippen LogP contribution in [-0.4, -0.2) is 40.2 Å². The lowest BCUT2D eigenvalue weighted by atomic mass is 9.92. The third-order valence-corrected chi connectivity index (χ3v) is 5.40. The first-order valence-electron chi connectivity index (χ1n) is 11.7. The minimum absolute atomic E-state index is 0.0842. The maximum absolute atomic E-state index is 12.3. The highest BCUT2D eigenvalue weighted by atomic mass is 16.4. The molecular formula is C24H45NO4. The van der Waals surface area contributed by atoms with Crippen molar-refractivity contribution in [2.24, 2.45) is 0 Å². The molecule has 0 amide bonds. The second-order valence-corrected chi connectivity index (χ2v) is 8.42. The van der Waals surface area contributed by atoms with Crippen molar-refractivity contribution < 1.29 is 19.8 Å². The number of carboxylic acids is 1. The standard InChI is InChI=1S/C24H45NO4/c1-4-5-6-7-8-9-10-11-12-13-14-15-16-17-18-19-22(27)24(3,23(28)29)25-20-21(2)26/h11-12,21,25-26H,4-10,13-20H2,1-3H3,(H,28,29)/b12-11-. The Labute approximate surface area is 178 Å². The lowest BCUT2D eigenvalue weighted by Crippen LogP contribution is -2.57. The van der Waals surface area contributed by atoms with Crippen LogP contribution >= 0.6 is 0 Å². The van der Waals surface area contributed by atoms with E-state index in [0.717, 1.165) is 25.7 Å². The van der Waals surface area contributed by atoms with Crippen molar-refractivity contribution in [3.63, 3.8) is 0 Å². The first-order valence-corrected chi connectivity index (χ1v) is 11.7. The molecule has 170 valence electrons. The summed E-state index contributed by atoms with van der Waals surface area (Å²) in [6, 6.07) is 0. The number of aliphatic carboxylic acids is 1. The van der Waals surface area contributed by atoms with Gasteiger partial charge in [-0.3, -0.25) is 10.1 Å². The van der Waals surface area contributed by atoms with Gasteiger partial charge in [0.1, 0.15) is 0 Å². The van der Waals surface area contributed by atoms with Gasteiger partial charge in [-0.05, 0) is 46.0 Å². The Kier molecular flexibility index (Phi) is 16.9. The molecule has 0 saturated carbocycles. The number of allylic oxidation sites excluding steroid dienone is 2. The van der Waals surface area contributed by atoms with Crippen LogP contribution in [0.25, 0.3) is 0 Å². The van der Waals surface area contributed by atoms with Crippen LogP contribution in [-0.2, 0) is 9.59 Å². The van der Waals surface area contributed by atoms with Crippen LogP contribution in [0.5, 0.6) is 0 Å². The fourth-order valence-electron chi connectivity index (χ4n) is 3.25. The summed E-state index contributed by atoms with van der Waals surface area (Å²) in [4.78, 5) is 23.8. The van der Waals surface area contributed by atoms with E-state index in [1.165, 1.54) is 58.3 Å². The van der Waals surface area contributed by atoms with Crippen molar-refractivity contribution in [1.82, 2.24) is 5.32 Å². The van der Waals surface area contributed by atoms with Crippen LogP contribution in [0.3, 0.4) is 0 Å². The summed E-state index contributed by atoms with van der Waals surface area (Å²) in [5, 5.41) is 21.4. The fourth-order valence-corrected chi connectivity index (χ4v) is 3.25. The van der Waals surface area contributed by atoms with Gasteiger partial charge < -0.3 is 10.2 Å². The topological polar surface area (TPSA) is 86.6 Å². The second-order valence-electron chi connectivity index (χ2n) is 8.42. The molecule has 2 unspecified atom stereocenters. The molecule has 2 atom stereocenters. The molecule has 5 nitrogen and oxygen atoms in total. The molecule has 0 aromatic rings. The minimum Gasteiger partial charge on any atom is -0.480 e. The zero-order chi connectivity index (χ0) is 22.0. The number of nitrogens with one attached hydrogen (secondary N) is 1. The molecule has 0 aliphatic carbocycles. The molecule has 0 radical (unpaired) electrons. The van der Waals surface area contributed by atoms with E-state index in [-0.39, 0.29) is 18.7 Å². The Balaban J connectivity index is 3.71. The molecule has 0 aromatic carbocycles. The predicted molar refractivity (Wildman–Crippen MR) is 120 cm³/mol. The van der Waals surface area contributed by atoms with Crippen molar-refractivity contribution in [2.75, 3.05) is 6.54 Å². The Morgan fingerprint density at radius 2 is 1.38 bits per heavy atom. The summed E-state index contributed by atoms with van der Waals surface area (Å²) >= 11 is 0. The third-order valence-electron chi connectivity index (χ3n) is 5.40. The van der Waals surface area contributed by atoms with Crippen molar-refractivity contribution in [1.29, 1.82) is 0 Å². The van der Waals surface area contributed by atoms with E-state index < -0.39 is 17.6 Å². The largest absolute Gasteiger partial charge is 0.480 e. The van der Waals surface area contributed by atoms with Gasteiger partial charge in [0.15, 0.2) is 11.3 Å². The highest BCUT2D eigenvalue weighted by molar-refractivity contribution is 6.07. The van der Waals surface area contributed by atoms with E-state index in [1.807, 2.05) is 0 Å². The van der Waals surface area contributed by atoms with Crippen molar-refractivity contribution in [3.8, 4) is 0 Å². The van der Waals surface area contributed by atoms with Gasteiger partial charge in [-0.1, -0.05) is 70.4 Å². The van der Waals surface area contributed by atoms with Crippen LogP contribution in [0.15, 0.2) is 12.2 Å². The van der Waals surface area contributed by atoms with Crippen LogP contribution in [0.2, 0.25) is 0 Å². The summed E-state index contributed by atoms with van der Waals surface area (Å²) in [5.41, 5.74) is -1.61. The maximum Gasteiger partial charge on any atom is 0.331 e. The summed E-state index contributed by atoms with van der Waals surface area (Å²) in [6.07, 6.45) is 19.6. The Morgan fingerprint density at radius 3 is 1.86 bits per heavy atom. The van der Waals surface area contributed by atoms with E-state index in [4.69, 9.17) is 0 Å². The number of aliphatic hydroxyl groups excluding tert-OH is 1. The van der Waals surface area contributed by atoms with Gasteiger partial charge in [0.25, 0.3) is 0 Å². The Bertz CT molecular complexity index is 462. The van der Waals surface area contributed by atoms with Crippen LogP contribution < -0.4 is 5.32 Å². The molecule has 0 rings (SSSR count). The molecule has 0 aliphatic heterocycles. The molecule has 0 aliphatic rings. The van der Waals surface area contributed by atoms with Crippen LogP contribution in [0, 0.1) is 0 Å². The highest BCUT2D eigenvalue weighted by Crippen LogP contribution is 2.14. The smallest absolute Gasteiger partial charge is 0.331 e. The SMILES string of the molecule is CCCCCCCC/C=C\CCCCCCCC(=O)C(C)(NCC(C)O)C(=O)O. The monoisotopic (exact) mass is 411 g/mol. The van der Waals surface area contributed by atoms with Crippen molar-refractivity contribution in [3.05, 3.63) is 12.2 Å². The van der Waals surface area contributed by atoms with Crippen molar-refractivity contribution in [2.45, 2.75) is 122 Å². The number of hydrogen-bond donors (Lipinski definition) is 3. The fraction of sp³-hybridized carbons (Fsp3) is 0.833. The van der Waals surface area contributed by atoms with Gasteiger partial charge >= 0.3 is 5.97 Å². The minimum atomic E-state index is -1.61. The van der Waals surface area contributed by atoms with Crippen LogP contribution in [0.1, 0.15) is 111 Å². The van der Waals surface area contributed by atoms with Gasteiger partial charge in [-0.25, -0.2) is 4.79 Å². The molecule has 0 spiro atoms. The lowest BCUT2D eigenvalue weighted by molar-refractivity contribution is -0.149. The number of hydrogen-bond acceptors (Lipinski definition) is 4. The number of carbonyl (C=O) groups is 2. The summed E-state index contributed by atoms with van der Waals surface area (Å²) in [5.74, 6) is -1.50. The first kappa shape index (κ1) is 27.8. The zero-order valence-corrected chi connectivity index (χ0v) is 19.0. The summed E-state index contributed by atoms with van der Waals surface area (Å²) < 4.78 is 0. The average Bonchev–Trinajstić information content (AvgIpc) is 2.68. The summed E-state index contributed by atoms with van der Waals surface area (Å²) in [7, 11) is 0. The Hall–Kier alpha value is -1.20. The Morgan fingerprint density at radius 1 is 0.897 bits per heavy atom. The normalized spacial score (nSPS) is 14.8. The first-order chi connectivity index (χ1) is 13.8. The second kappa shape index (κ2) is 17.6. The number of carboxylic acid groups (broad SMARTS) is 1. The van der Waals surface area contributed by atoms with Gasteiger partial charge in [0.05, 0.1) is 6.10 Å². The average molecular weight is 412 g/mol. The summed E-state index contributed by atoms with van der Waals surface area (Å²) in [6.45, 7) is 5.28. The molecule has 0 aromatic heterocycles.